The van der Waals surface area contributed by atoms with Crippen molar-refractivity contribution in [2.24, 2.45) is 0 Å². The Kier molecular flexibility index (Phi) is 5.05. The Morgan fingerprint density at radius 1 is 1.28 bits per heavy atom. The van der Waals surface area contributed by atoms with Crippen molar-refractivity contribution in [2.75, 3.05) is 5.32 Å². The largest absolute Gasteiger partial charge is 0.347 e. The van der Waals surface area contributed by atoms with Gasteiger partial charge in [-0.2, -0.15) is 10.2 Å². The number of carbonyl (C=O) groups excluding carboxylic acids is 1. The molecular formula is C22H16ClN7O2. The molecule has 0 saturated heterocycles. The average molecular weight is 446 g/mol. The van der Waals surface area contributed by atoms with Crippen LogP contribution in [-0.4, -0.2) is 31.0 Å². The van der Waals surface area contributed by atoms with Crippen LogP contribution in [0.1, 0.15) is 28.9 Å². The highest BCUT2D eigenvalue weighted by atomic mass is 35.5. The van der Waals surface area contributed by atoms with Crippen molar-refractivity contribution < 1.29 is 9.32 Å². The Morgan fingerprint density at radius 2 is 2.12 bits per heavy atom. The van der Waals surface area contributed by atoms with Gasteiger partial charge in [0.15, 0.2) is 0 Å². The van der Waals surface area contributed by atoms with E-state index in [1.54, 1.807) is 59.8 Å². The number of hydrogen-bond donors (Lipinski definition) is 2. The fourth-order valence-electron chi connectivity index (χ4n) is 3.62. The van der Waals surface area contributed by atoms with E-state index in [1.165, 1.54) is 0 Å². The van der Waals surface area contributed by atoms with E-state index in [0.717, 1.165) is 17.0 Å². The number of imidazole rings is 1. The molecule has 1 atom stereocenters. The number of halogens is 1. The number of nitrogens with one attached hydrogen (secondary N) is 2. The number of aromatic nitrogens is 4. The van der Waals surface area contributed by atoms with Gasteiger partial charge < -0.3 is 19.7 Å². The van der Waals surface area contributed by atoms with Crippen molar-refractivity contribution in [3.8, 4) is 17.5 Å². The minimum Gasteiger partial charge on any atom is -0.347 e. The molecule has 0 saturated carbocycles. The number of anilines is 1. The summed E-state index contributed by atoms with van der Waals surface area (Å²) in [5.41, 5.74) is 3.43. The zero-order chi connectivity index (χ0) is 22.1. The molecule has 2 amide bonds. The number of H-pyrrole nitrogens is 1. The van der Waals surface area contributed by atoms with Gasteiger partial charge in [0, 0.05) is 22.7 Å². The van der Waals surface area contributed by atoms with Crippen molar-refractivity contribution in [1.29, 1.82) is 5.26 Å². The van der Waals surface area contributed by atoms with Gasteiger partial charge in [-0.25, -0.2) is 9.78 Å². The molecule has 2 aromatic carbocycles. The molecule has 2 aromatic heterocycles. The second-order valence-corrected chi connectivity index (χ2v) is 7.70. The van der Waals surface area contributed by atoms with Crippen LogP contribution in [0.3, 0.4) is 0 Å². The van der Waals surface area contributed by atoms with Gasteiger partial charge in [-0.3, -0.25) is 0 Å². The molecule has 5 rings (SSSR count). The van der Waals surface area contributed by atoms with Crippen molar-refractivity contribution in [3.05, 3.63) is 82.7 Å². The SMILES string of the molecule is N#Cc1cccc(NC(=O)N2Cc3[nH]cnc3CC2c2nc(-c3ccc(Cl)cc3)no2)c1. The summed E-state index contributed by atoms with van der Waals surface area (Å²) >= 11 is 5.96. The van der Waals surface area contributed by atoms with E-state index in [2.05, 4.69) is 31.5 Å². The van der Waals surface area contributed by atoms with Gasteiger partial charge in [0.05, 0.1) is 35.9 Å². The quantitative estimate of drug-likeness (QED) is 0.484. The molecular weight excluding hydrogens is 430 g/mol. The lowest BCUT2D eigenvalue weighted by molar-refractivity contribution is 0.155. The van der Waals surface area contributed by atoms with E-state index in [0.29, 0.717) is 41.0 Å². The Hall–Kier alpha value is -4.16. The lowest BCUT2D eigenvalue weighted by Crippen LogP contribution is -2.41. The van der Waals surface area contributed by atoms with Gasteiger partial charge >= 0.3 is 6.03 Å². The molecule has 0 spiro atoms. The number of carbonyl (C=O) groups is 1. The van der Waals surface area contributed by atoms with Crippen LogP contribution in [0.4, 0.5) is 10.5 Å². The number of urea groups is 1. The molecule has 32 heavy (non-hydrogen) atoms. The Bertz CT molecular complexity index is 1320. The first-order valence-electron chi connectivity index (χ1n) is 9.79. The van der Waals surface area contributed by atoms with E-state index in [-0.39, 0.29) is 6.03 Å². The van der Waals surface area contributed by atoms with E-state index >= 15 is 0 Å². The van der Waals surface area contributed by atoms with E-state index in [9.17, 15) is 4.79 Å². The molecule has 1 aliphatic heterocycles. The van der Waals surface area contributed by atoms with Crippen LogP contribution in [0.25, 0.3) is 11.4 Å². The molecule has 0 bridgehead atoms. The first-order chi connectivity index (χ1) is 15.6. The predicted molar refractivity (Wildman–Crippen MR) is 115 cm³/mol. The number of nitrogens with zero attached hydrogens (tertiary/aromatic N) is 5. The third kappa shape index (κ3) is 3.79. The molecule has 4 aromatic rings. The molecule has 1 unspecified atom stereocenters. The zero-order valence-electron chi connectivity index (χ0n) is 16.6. The Morgan fingerprint density at radius 3 is 2.94 bits per heavy atom. The highest BCUT2D eigenvalue weighted by Crippen LogP contribution is 2.33. The normalized spacial score (nSPS) is 15.1. The molecule has 0 radical (unpaired) electrons. The first-order valence-corrected chi connectivity index (χ1v) is 10.2. The standard InChI is InChI=1S/C22H16ClN7O2/c23-15-6-4-14(5-7-15)20-28-21(32-29-20)19-9-17-18(26-12-25-17)11-30(19)22(31)27-16-3-1-2-13(8-16)10-24/h1-8,12,19H,9,11H2,(H,25,26)(H,27,31). The minimum absolute atomic E-state index is 0.294. The van der Waals surface area contributed by atoms with Crippen LogP contribution < -0.4 is 5.32 Å². The highest BCUT2D eigenvalue weighted by molar-refractivity contribution is 6.30. The Labute approximate surface area is 187 Å². The molecule has 158 valence electrons. The third-order valence-corrected chi connectivity index (χ3v) is 5.48. The summed E-state index contributed by atoms with van der Waals surface area (Å²) in [6, 6.07) is 15.0. The lowest BCUT2D eigenvalue weighted by Gasteiger charge is -2.32. The van der Waals surface area contributed by atoms with Gasteiger partial charge in [0.1, 0.15) is 6.04 Å². The summed E-state index contributed by atoms with van der Waals surface area (Å²) in [5.74, 6) is 0.719. The number of rotatable bonds is 3. The second-order valence-electron chi connectivity index (χ2n) is 7.26. The minimum atomic E-state index is -0.501. The molecule has 10 heteroatoms. The summed E-state index contributed by atoms with van der Waals surface area (Å²) in [6.45, 7) is 0.294. The van der Waals surface area contributed by atoms with Crippen LogP contribution in [0.2, 0.25) is 5.02 Å². The lowest BCUT2D eigenvalue weighted by atomic mass is 10.0. The molecule has 0 fully saturated rings. The predicted octanol–water partition coefficient (Wildman–Crippen LogP) is 4.32. The number of amides is 2. The van der Waals surface area contributed by atoms with Gasteiger partial charge in [-0.1, -0.05) is 22.8 Å². The molecule has 2 N–H and O–H groups in total. The summed E-state index contributed by atoms with van der Waals surface area (Å²) in [6.07, 6.45) is 2.03. The number of aromatic amines is 1. The fourth-order valence-corrected chi connectivity index (χ4v) is 3.74. The van der Waals surface area contributed by atoms with Crippen LogP contribution >= 0.6 is 11.6 Å². The first kappa shape index (κ1) is 19.8. The van der Waals surface area contributed by atoms with Gasteiger partial charge in [0.25, 0.3) is 0 Å². The Balaban J connectivity index is 1.44. The van der Waals surface area contributed by atoms with E-state index in [4.69, 9.17) is 21.4 Å². The van der Waals surface area contributed by atoms with Crippen LogP contribution in [-0.2, 0) is 13.0 Å². The molecule has 3 heterocycles. The number of fused-ring (bicyclic) bond motifs is 1. The number of nitriles is 1. The maximum Gasteiger partial charge on any atom is 0.322 e. The van der Waals surface area contributed by atoms with E-state index < -0.39 is 6.04 Å². The maximum absolute atomic E-state index is 13.2. The van der Waals surface area contributed by atoms with Crippen molar-refractivity contribution in [2.45, 2.75) is 19.0 Å². The van der Waals surface area contributed by atoms with Crippen LogP contribution in [0.15, 0.2) is 59.4 Å². The summed E-state index contributed by atoms with van der Waals surface area (Å²) in [4.78, 5) is 26.8. The third-order valence-electron chi connectivity index (χ3n) is 5.23. The van der Waals surface area contributed by atoms with Gasteiger partial charge in [0.2, 0.25) is 11.7 Å². The highest BCUT2D eigenvalue weighted by Gasteiger charge is 2.36. The summed E-state index contributed by atoms with van der Waals surface area (Å²) in [7, 11) is 0. The number of hydrogen-bond acceptors (Lipinski definition) is 6. The number of benzene rings is 2. The van der Waals surface area contributed by atoms with Crippen molar-refractivity contribution in [3.63, 3.8) is 0 Å². The second kappa shape index (κ2) is 8.17. The monoisotopic (exact) mass is 445 g/mol. The van der Waals surface area contributed by atoms with E-state index in [1.807, 2.05) is 0 Å². The van der Waals surface area contributed by atoms with Crippen LogP contribution in [0, 0.1) is 11.3 Å². The maximum atomic E-state index is 13.2. The molecule has 1 aliphatic rings. The van der Waals surface area contributed by atoms with Crippen molar-refractivity contribution in [1.82, 2.24) is 25.0 Å². The topological polar surface area (TPSA) is 124 Å². The zero-order valence-corrected chi connectivity index (χ0v) is 17.4. The summed E-state index contributed by atoms with van der Waals surface area (Å²) in [5, 5.41) is 16.7. The van der Waals surface area contributed by atoms with Gasteiger partial charge in [-0.15, -0.1) is 0 Å². The average Bonchev–Trinajstić information content (AvgIpc) is 3.48. The fraction of sp³-hybridized carbons (Fsp3) is 0.136. The molecule has 0 aliphatic carbocycles. The molecule has 9 nitrogen and oxygen atoms in total. The van der Waals surface area contributed by atoms with Crippen molar-refractivity contribution >= 4 is 23.3 Å². The summed E-state index contributed by atoms with van der Waals surface area (Å²) < 4.78 is 5.55. The van der Waals surface area contributed by atoms with Gasteiger partial charge in [-0.05, 0) is 42.5 Å². The van der Waals surface area contributed by atoms with Crippen LogP contribution in [0.5, 0.6) is 0 Å². The smallest absolute Gasteiger partial charge is 0.322 e.